The van der Waals surface area contributed by atoms with Gasteiger partial charge in [0.2, 0.25) is 5.91 Å². The number of para-hydroxylation sites is 1. The number of amides is 1. The van der Waals surface area contributed by atoms with Crippen molar-refractivity contribution in [2.24, 2.45) is 11.8 Å². The van der Waals surface area contributed by atoms with Crippen LogP contribution in [-0.2, 0) is 11.3 Å². The van der Waals surface area contributed by atoms with Gasteiger partial charge in [-0.05, 0) is 62.3 Å². The second kappa shape index (κ2) is 10.8. The first-order valence-electron chi connectivity index (χ1n) is 11.8. The SMILES string of the molecule is COc1ccccc1CN1CCC[C@@H]([C@H](NC(=O)CC2CCCC2)c2ccccn2)C1. The molecule has 1 N–H and O–H groups in total. The number of hydrogen-bond donors (Lipinski definition) is 1. The average Bonchev–Trinajstić information content (AvgIpc) is 3.31. The molecule has 1 aromatic heterocycles. The average molecular weight is 422 g/mol. The maximum Gasteiger partial charge on any atom is 0.220 e. The number of rotatable bonds is 8. The molecule has 1 saturated carbocycles. The molecule has 0 spiro atoms. The van der Waals surface area contributed by atoms with Crippen LogP contribution in [-0.4, -0.2) is 36.0 Å². The number of carbonyl (C=O) groups is 1. The zero-order chi connectivity index (χ0) is 21.5. The highest BCUT2D eigenvalue weighted by Gasteiger charge is 2.31. The summed E-state index contributed by atoms with van der Waals surface area (Å²) in [6.07, 6.45) is 9.64. The second-order valence-corrected chi connectivity index (χ2v) is 9.10. The summed E-state index contributed by atoms with van der Waals surface area (Å²) in [7, 11) is 1.73. The summed E-state index contributed by atoms with van der Waals surface area (Å²) in [6.45, 7) is 2.88. The predicted octanol–water partition coefficient (Wildman–Crippen LogP) is 4.74. The molecule has 31 heavy (non-hydrogen) atoms. The quantitative estimate of drug-likeness (QED) is 0.669. The van der Waals surface area contributed by atoms with Gasteiger partial charge in [0.05, 0.1) is 18.8 Å². The molecule has 2 atom stereocenters. The van der Waals surface area contributed by atoms with Gasteiger partial charge in [-0.15, -0.1) is 0 Å². The van der Waals surface area contributed by atoms with Crippen LogP contribution in [0.3, 0.4) is 0 Å². The van der Waals surface area contributed by atoms with Crippen LogP contribution in [0.25, 0.3) is 0 Å². The Labute approximate surface area is 186 Å². The topological polar surface area (TPSA) is 54.5 Å². The number of likely N-dealkylation sites (tertiary alicyclic amines) is 1. The summed E-state index contributed by atoms with van der Waals surface area (Å²) in [5, 5.41) is 3.38. The molecule has 1 aliphatic heterocycles. The van der Waals surface area contributed by atoms with Gasteiger partial charge < -0.3 is 10.1 Å². The van der Waals surface area contributed by atoms with Crippen LogP contribution in [0.1, 0.15) is 62.2 Å². The van der Waals surface area contributed by atoms with Gasteiger partial charge in [-0.2, -0.15) is 0 Å². The number of pyridine rings is 1. The molecule has 2 aliphatic rings. The van der Waals surface area contributed by atoms with Crippen LogP contribution < -0.4 is 10.1 Å². The predicted molar refractivity (Wildman–Crippen MR) is 123 cm³/mol. The van der Waals surface area contributed by atoms with Crippen LogP contribution in [0.5, 0.6) is 5.75 Å². The maximum absolute atomic E-state index is 12.9. The van der Waals surface area contributed by atoms with Gasteiger partial charge in [-0.1, -0.05) is 37.1 Å². The van der Waals surface area contributed by atoms with Crippen LogP contribution in [0, 0.1) is 11.8 Å². The fourth-order valence-corrected chi connectivity index (χ4v) is 5.28. The monoisotopic (exact) mass is 421 g/mol. The van der Waals surface area contributed by atoms with Gasteiger partial charge in [0.1, 0.15) is 5.75 Å². The van der Waals surface area contributed by atoms with E-state index in [-0.39, 0.29) is 11.9 Å². The van der Waals surface area contributed by atoms with Crippen molar-refractivity contribution in [3.05, 3.63) is 59.9 Å². The van der Waals surface area contributed by atoms with Crippen LogP contribution in [0.4, 0.5) is 0 Å². The Kier molecular flexibility index (Phi) is 7.57. The van der Waals surface area contributed by atoms with Gasteiger partial charge in [-0.3, -0.25) is 14.7 Å². The van der Waals surface area contributed by atoms with Gasteiger partial charge >= 0.3 is 0 Å². The van der Waals surface area contributed by atoms with Crippen molar-refractivity contribution in [1.29, 1.82) is 0 Å². The highest BCUT2D eigenvalue weighted by molar-refractivity contribution is 5.76. The number of benzene rings is 1. The normalized spacial score (nSPS) is 21.0. The lowest BCUT2D eigenvalue weighted by molar-refractivity contribution is -0.123. The Balaban J connectivity index is 1.45. The first kappa shape index (κ1) is 21.8. The van der Waals surface area contributed by atoms with Crippen molar-refractivity contribution in [2.75, 3.05) is 20.2 Å². The Morgan fingerprint density at radius 2 is 1.94 bits per heavy atom. The second-order valence-electron chi connectivity index (χ2n) is 9.10. The third-order valence-corrected chi connectivity index (χ3v) is 6.87. The molecule has 1 aliphatic carbocycles. The van der Waals surface area contributed by atoms with E-state index in [1.807, 2.05) is 30.5 Å². The fourth-order valence-electron chi connectivity index (χ4n) is 5.28. The van der Waals surface area contributed by atoms with Crippen LogP contribution in [0.2, 0.25) is 0 Å². The Morgan fingerprint density at radius 3 is 2.71 bits per heavy atom. The van der Waals surface area contributed by atoms with E-state index in [4.69, 9.17) is 4.74 Å². The van der Waals surface area contributed by atoms with E-state index in [0.29, 0.717) is 18.3 Å². The molecule has 0 radical (unpaired) electrons. The molecule has 1 amide bonds. The van der Waals surface area contributed by atoms with Crippen molar-refractivity contribution in [2.45, 2.75) is 57.5 Å². The summed E-state index contributed by atoms with van der Waals surface area (Å²) >= 11 is 0. The van der Waals surface area contributed by atoms with Crippen LogP contribution >= 0.6 is 0 Å². The zero-order valence-corrected chi connectivity index (χ0v) is 18.6. The molecule has 2 fully saturated rings. The van der Waals surface area contributed by atoms with Crippen molar-refractivity contribution in [3.8, 4) is 5.75 Å². The largest absolute Gasteiger partial charge is 0.496 e. The molecule has 1 saturated heterocycles. The number of nitrogens with one attached hydrogen (secondary N) is 1. The first-order chi connectivity index (χ1) is 15.2. The summed E-state index contributed by atoms with van der Waals surface area (Å²) < 4.78 is 5.55. The molecule has 5 heteroatoms. The standard InChI is InChI=1S/C26H35N3O2/c1-31-24-14-5-4-11-21(24)18-29-16-8-12-22(19-29)26(23-13-6-7-15-27-23)28-25(30)17-20-9-2-3-10-20/h4-7,11,13-15,20,22,26H,2-3,8-10,12,16-19H2,1H3,(H,28,30)/t22-,26+/m1/s1. The van der Waals surface area contributed by atoms with Crippen LogP contribution in [0.15, 0.2) is 48.7 Å². The lowest BCUT2D eigenvalue weighted by atomic mass is 9.87. The molecule has 4 rings (SSSR count). The van der Waals surface area contributed by atoms with Crippen molar-refractivity contribution in [1.82, 2.24) is 15.2 Å². The summed E-state index contributed by atoms with van der Waals surface area (Å²) in [4.78, 5) is 20.0. The van der Waals surface area contributed by atoms with E-state index in [1.54, 1.807) is 7.11 Å². The summed E-state index contributed by atoms with van der Waals surface area (Å²) in [5.41, 5.74) is 2.19. The number of nitrogens with zero attached hydrogens (tertiary/aromatic N) is 2. The smallest absolute Gasteiger partial charge is 0.220 e. The molecule has 2 heterocycles. The van der Waals surface area contributed by atoms with E-state index in [2.05, 4.69) is 33.4 Å². The zero-order valence-electron chi connectivity index (χ0n) is 18.6. The van der Waals surface area contributed by atoms with E-state index in [0.717, 1.165) is 43.9 Å². The van der Waals surface area contributed by atoms with E-state index >= 15 is 0 Å². The lowest BCUT2D eigenvalue weighted by Gasteiger charge is -2.37. The van der Waals surface area contributed by atoms with Gasteiger partial charge in [0.25, 0.3) is 0 Å². The Morgan fingerprint density at radius 1 is 1.13 bits per heavy atom. The lowest BCUT2D eigenvalue weighted by Crippen LogP contribution is -2.43. The number of carbonyl (C=O) groups excluding carboxylic acids is 1. The third-order valence-electron chi connectivity index (χ3n) is 6.87. The Hall–Kier alpha value is -2.40. The molecular weight excluding hydrogens is 386 g/mol. The van der Waals surface area contributed by atoms with E-state index in [1.165, 1.54) is 31.2 Å². The number of ether oxygens (including phenoxy) is 1. The van der Waals surface area contributed by atoms with Gasteiger partial charge in [0, 0.05) is 31.3 Å². The minimum absolute atomic E-state index is 0.0319. The molecular formula is C26H35N3O2. The Bertz CT molecular complexity index is 836. The molecule has 0 bridgehead atoms. The van der Waals surface area contributed by atoms with Crippen molar-refractivity contribution >= 4 is 5.91 Å². The molecule has 166 valence electrons. The molecule has 2 aromatic rings. The molecule has 5 nitrogen and oxygen atoms in total. The fraction of sp³-hybridized carbons (Fsp3) is 0.538. The van der Waals surface area contributed by atoms with Gasteiger partial charge in [0.15, 0.2) is 0 Å². The van der Waals surface area contributed by atoms with Crippen molar-refractivity contribution in [3.63, 3.8) is 0 Å². The maximum atomic E-state index is 12.9. The number of piperidine rings is 1. The number of methoxy groups -OCH3 is 1. The molecule has 1 aromatic carbocycles. The molecule has 0 unspecified atom stereocenters. The first-order valence-corrected chi connectivity index (χ1v) is 11.8. The summed E-state index contributed by atoms with van der Waals surface area (Å²) in [5.74, 6) is 2.03. The number of aromatic nitrogens is 1. The van der Waals surface area contributed by atoms with E-state index < -0.39 is 0 Å². The third kappa shape index (κ3) is 5.85. The highest BCUT2D eigenvalue weighted by Crippen LogP contribution is 2.32. The summed E-state index contributed by atoms with van der Waals surface area (Å²) in [6, 6.07) is 14.2. The minimum Gasteiger partial charge on any atom is -0.496 e. The van der Waals surface area contributed by atoms with E-state index in [9.17, 15) is 4.79 Å². The van der Waals surface area contributed by atoms with Gasteiger partial charge in [-0.25, -0.2) is 0 Å². The van der Waals surface area contributed by atoms with Crippen molar-refractivity contribution < 1.29 is 9.53 Å². The minimum atomic E-state index is -0.0319. The highest BCUT2D eigenvalue weighted by atomic mass is 16.5. The number of hydrogen-bond acceptors (Lipinski definition) is 4.